The van der Waals surface area contributed by atoms with Crippen LogP contribution in [0.25, 0.3) is 0 Å². The van der Waals surface area contributed by atoms with Gasteiger partial charge in [-0.05, 0) is 43.4 Å². The van der Waals surface area contributed by atoms with Crippen molar-refractivity contribution in [2.24, 2.45) is 0 Å². The Morgan fingerprint density at radius 2 is 2.15 bits per heavy atom. The molecule has 6 heteroatoms. The van der Waals surface area contributed by atoms with E-state index < -0.39 is 0 Å². The van der Waals surface area contributed by atoms with Crippen LogP contribution in [-0.2, 0) is 23.1 Å². The minimum atomic E-state index is -0.0128. The summed E-state index contributed by atoms with van der Waals surface area (Å²) in [7, 11) is 3.93. The van der Waals surface area contributed by atoms with Crippen LogP contribution in [-0.4, -0.2) is 52.9 Å². The second-order valence-corrected chi connectivity index (χ2v) is 7.64. The monoisotopic (exact) mass is 351 g/mol. The lowest BCUT2D eigenvalue weighted by Crippen LogP contribution is -2.48. The maximum atomic E-state index is 12.8. The zero-order valence-corrected chi connectivity index (χ0v) is 15.5. The Morgan fingerprint density at radius 1 is 1.27 bits per heavy atom. The summed E-state index contributed by atoms with van der Waals surface area (Å²) in [5.74, 6) is 0.917. The zero-order valence-electron chi connectivity index (χ0n) is 15.5. The normalized spacial score (nSPS) is 21.7. The quantitative estimate of drug-likeness (QED) is 0.846. The molecule has 1 fully saturated rings. The van der Waals surface area contributed by atoms with E-state index in [9.17, 15) is 4.79 Å². The highest BCUT2D eigenvalue weighted by Gasteiger charge is 2.44. The minimum absolute atomic E-state index is 0.0128. The molecule has 1 amide bonds. The average Bonchev–Trinajstić information content (AvgIpc) is 3.00. The number of hydrogen-bond acceptors (Lipinski definition) is 5. The Balaban J connectivity index is 1.56. The molecule has 26 heavy (non-hydrogen) atoms. The SMILES string of the molecule is CN(C)c1ncc2c(n1)C1(CCCN(C(=O)Cc3ccccn3)C1)CC2. The fourth-order valence-electron chi connectivity index (χ4n) is 4.26. The van der Waals surface area contributed by atoms with Gasteiger partial charge in [-0.2, -0.15) is 0 Å². The van der Waals surface area contributed by atoms with Crippen LogP contribution in [0, 0.1) is 0 Å². The van der Waals surface area contributed by atoms with Gasteiger partial charge < -0.3 is 9.80 Å². The van der Waals surface area contributed by atoms with E-state index >= 15 is 0 Å². The zero-order chi connectivity index (χ0) is 18.1. The maximum absolute atomic E-state index is 12.8. The summed E-state index contributed by atoms with van der Waals surface area (Å²) in [6, 6.07) is 5.72. The third kappa shape index (κ3) is 3.04. The lowest BCUT2D eigenvalue weighted by Gasteiger charge is -2.40. The molecule has 0 bridgehead atoms. The second-order valence-electron chi connectivity index (χ2n) is 7.64. The van der Waals surface area contributed by atoms with Crippen LogP contribution in [0.1, 0.15) is 36.2 Å². The van der Waals surface area contributed by atoms with E-state index in [0.717, 1.165) is 56.1 Å². The van der Waals surface area contributed by atoms with Crippen molar-refractivity contribution in [2.45, 2.75) is 37.5 Å². The first-order valence-corrected chi connectivity index (χ1v) is 9.29. The minimum Gasteiger partial charge on any atom is -0.347 e. The number of amides is 1. The molecule has 2 aromatic rings. The van der Waals surface area contributed by atoms with Crippen LogP contribution >= 0.6 is 0 Å². The van der Waals surface area contributed by atoms with Gasteiger partial charge in [0, 0.05) is 50.7 Å². The van der Waals surface area contributed by atoms with Crippen molar-refractivity contribution in [1.82, 2.24) is 19.9 Å². The van der Waals surface area contributed by atoms with Gasteiger partial charge in [-0.15, -0.1) is 0 Å². The molecule has 0 N–H and O–H groups in total. The Morgan fingerprint density at radius 3 is 2.92 bits per heavy atom. The van der Waals surface area contributed by atoms with Gasteiger partial charge in [-0.25, -0.2) is 9.97 Å². The fraction of sp³-hybridized carbons (Fsp3) is 0.500. The highest BCUT2D eigenvalue weighted by Crippen LogP contribution is 2.44. The van der Waals surface area contributed by atoms with Crippen LogP contribution in [0.5, 0.6) is 0 Å². The molecule has 1 spiro atoms. The van der Waals surface area contributed by atoms with E-state index in [1.165, 1.54) is 5.56 Å². The molecule has 3 heterocycles. The first-order valence-electron chi connectivity index (χ1n) is 9.29. The molecule has 1 aliphatic carbocycles. The van der Waals surface area contributed by atoms with Gasteiger partial charge >= 0.3 is 0 Å². The predicted molar refractivity (Wildman–Crippen MR) is 100 cm³/mol. The van der Waals surface area contributed by atoms with Gasteiger partial charge in [0.25, 0.3) is 0 Å². The Labute approximate surface area is 154 Å². The Hall–Kier alpha value is -2.50. The summed E-state index contributed by atoms with van der Waals surface area (Å²) in [6.45, 7) is 1.59. The van der Waals surface area contributed by atoms with E-state index in [0.29, 0.717) is 6.42 Å². The van der Waals surface area contributed by atoms with E-state index in [2.05, 4.69) is 9.97 Å². The molecule has 2 aromatic heterocycles. The number of hydrogen-bond donors (Lipinski definition) is 0. The highest BCUT2D eigenvalue weighted by atomic mass is 16.2. The number of carbonyl (C=O) groups excluding carboxylic acids is 1. The van der Waals surface area contributed by atoms with E-state index in [1.54, 1.807) is 6.20 Å². The summed E-state index contributed by atoms with van der Waals surface area (Å²) in [4.78, 5) is 30.4. The molecule has 136 valence electrons. The van der Waals surface area contributed by atoms with Gasteiger partial charge in [0.2, 0.25) is 11.9 Å². The van der Waals surface area contributed by atoms with Crippen molar-refractivity contribution in [1.29, 1.82) is 0 Å². The average molecular weight is 351 g/mol. The number of aryl methyl sites for hydroxylation is 1. The van der Waals surface area contributed by atoms with Crippen LogP contribution in [0.4, 0.5) is 5.95 Å². The van der Waals surface area contributed by atoms with Crippen molar-refractivity contribution < 1.29 is 4.79 Å². The molecule has 1 unspecified atom stereocenters. The largest absolute Gasteiger partial charge is 0.347 e. The molecule has 6 nitrogen and oxygen atoms in total. The predicted octanol–water partition coefficient (Wildman–Crippen LogP) is 1.99. The van der Waals surface area contributed by atoms with Gasteiger partial charge in [0.15, 0.2) is 0 Å². The molecular formula is C20H25N5O. The lowest BCUT2D eigenvalue weighted by molar-refractivity contribution is -0.132. The number of aromatic nitrogens is 3. The standard InChI is InChI=1S/C20H25N5O/c1-24(2)19-22-13-15-7-9-20(18(15)23-19)8-5-11-25(14-20)17(26)12-16-6-3-4-10-21-16/h3-4,6,10,13H,5,7-9,11-12,14H2,1-2H3. The molecule has 1 atom stereocenters. The second kappa shape index (κ2) is 6.67. The van der Waals surface area contributed by atoms with Crippen molar-refractivity contribution in [3.63, 3.8) is 0 Å². The summed E-state index contributed by atoms with van der Waals surface area (Å²) in [5.41, 5.74) is 3.23. The number of piperidine rings is 1. The number of pyridine rings is 1. The summed E-state index contributed by atoms with van der Waals surface area (Å²) >= 11 is 0. The van der Waals surface area contributed by atoms with E-state index in [-0.39, 0.29) is 11.3 Å². The summed E-state index contributed by atoms with van der Waals surface area (Å²) in [6.07, 6.45) is 8.27. The molecule has 1 aliphatic heterocycles. The molecule has 0 saturated carbocycles. The number of carbonyl (C=O) groups is 1. The number of likely N-dealkylation sites (tertiary alicyclic amines) is 1. The van der Waals surface area contributed by atoms with Crippen LogP contribution in [0.15, 0.2) is 30.6 Å². The first kappa shape index (κ1) is 16.9. The number of rotatable bonds is 3. The number of anilines is 1. The first-order chi connectivity index (χ1) is 12.6. The van der Waals surface area contributed by atoms with Gasteiger partial charge in [-0.3, -0.25) is 9.78 Å². The van der Waals surface area contributed by atoms with Gasteiger partial charge in [-0.1, -0.05) is 6.07 Å². The van der Waals surface area contributed by atoms with Gasteiger partial charge in [0.05, 0.1) is 12.1 Å². The number of nitrogens with zero attached hydrogens (tertiary/aromatic N) is 5. The molecule has 0 radical (unpaired) electrons. The third-order valence-corrected chi connectivity index (χ3v) is 5.62. The molecular weight excluding hydrogens is 326 g/mol. The summed E-state index contributed by atoms with van der Waals surface area (Å²) in [5, 5.41) is 0. The van der Waals surface area contributed by atoms with Gasteiger partial charge in [0.1, 0.15) is 0 Å². The van der Waals surface area contributed by atoms with Crippen LogP contribution < -0.4 is 4.90 Å². The van der Waals surface area contributed by atoms with Crippen LogP contribution in [0.3, 0.4) is 0 Å². The van der Waals surface area contributed by atoms with Crippen molar-refractivity contribution in [3.05, 3.63) is 47.5 Å². The van der Waals surface area contributed by atoms with E-state index in [1.807, 2.05) is 48.3 Å². The van der Waals surface area contributed by atoms with E-state index in [4.69, 9.17) is 4.98 Å². The van der Waals surface area contributed by atoms with Crippen molar-refractivity contribution in [2.75, 3.05) is 32.1 Å². The lowest BCUT2D eigenvalue weighted by atomic mass is 9.77. The fourth-order valence-corrected chi connectivity index (χ4v) is 4.26. The molecule has 0 aromatic carbocycles. The Kier molecular flexibility index (Phi) is 4.34. The Bertz CT molecular complexity index is 803. The van der Waals surface area contributed by atoms with Crippen molar-refractivity contribution in [3.8, 4) is 0 Å². The maximum Gasteiger partial charge on any atom is 0.228 e. The molecule has 1 saturated heterocycles. The van der Waals surface area contributed by atoms with Crippen LogP contribution in [0.2, 0.25) is 0 Å². The number of fused-ring (bicyclic) bond motifs is 2. The highest BCUT2D eigenvalue weighted by molar-refractivity contribution is 5.78. The molecule has 4 rings (SSSR count). The molecule has 2 aliphatic rings. The van der Waals surface area contributed by atoms with Crippen molar-refractivity contribution >= 4 is 11.9 Å². The summed E-state index contributed by atoms with van der Waals surface area (Å²) < 4.78 is 0. The smallest absolute Gasteiger partial charge is 0.228 e. The third-order valence-electron chi connectivity index (χ3n) is 5.62. The topological polar surface area (TPSA) is 62.2 Å².